The largest absolute Gasteiger partial charge is 0.469 e. The fraction of sp³-hybridized carbons (Fsp3) is 0.857. The van der Waals surface area contributed by atoms with Crippen LogP contribution in [0, 0.1) is 0 Å². The van der Waals surface area contributed by atoms with Crippen molar-refractivity contribution in [1.29, 1.82) is 0 Å². The average molecular weight is 332 g/mol. The molecule has 0 saturated carbocycles. The van der Waals surface area contributed by atoms with Crippen LogP contribution >= 0.6 is 23.5 Å². The Kier molecular flexibility index (Phi) is 6.70. The molecular weight excluding hydrogens is 308 g/mol. The van der Waals surface area contributed by atoms with E-state index in [0.717, 1.165) is 32.2 Å². The molecule has 0 bridgehead atoms. The van der Waals surface area contributed by atoms with Gasteiger partial charge >= 0.3 is 5.97 Å². The number of amides is 1. The summed E-state index contributed by atoms with van der Waals surface area (Å²) in [5, 5.41) is 6.35. The minimum atomic E-state index is -0.161. The fourth-order valence-corrected chi connectivity index (χ4v) is 5.83. The van der Waals surface area contributed by atoms with Crippen molar-refractivity contribution in [3.8, 4) is 0 Å². The van der Waals surface area contributed by atoms with Gasteiger partial charge in [0.15, 0.2) is 0 Å². The molecule has 1 spiro atoms. The molecule has 2 saturated heterocycles. The van der Waals surface area contributed by atoms with Crippen molar-refractivity contribution in [3.05, 3.63) is 0 Å². The van der Waals surface area contributed by atoms with Gasteiger partial charge in [0.1, 0.15) is 0 Å². The molecule has 0 aromatic carbocycles. The predicted octanol–water partition coefficient (Wildman–Crippen LogP) is 1.37. The van der Waals surface area contributed by atoms with Gasteiger partial charge in [0.25, 0.3) is 0 Å². The van der Waals surface area contributed by atoms with Crippen LogP contribution in [0.25, 0.3) is 0 Å². The van der Waals surface area contributed by atoms with Gasteiger partial charge in [-0.25, -0.2) is 0 Å². The van der Waals surface area contributed by atoms with Crippen molar-refractivity contribution >= 4 is 35.4 Å². The van der Waals surface area contributed by atoms with Crippen molar-refractivity contribution < 1.29 is 14.3 Å². The Balaban J connectivity index is 1.55. The number of esters is 1. The van der Waals surface area contributed by atoms with Crippen LogP contribution < -0.4 is 10.6 Å². The summed E-state index contributed by atoms with van der Waals surface area (Å²) in [7, 11) is 1.41. The van der Waals surface area contributed by atoms with Gasteiger partial charge in [-0.05, 0) is 19.3 Å². The molecule has 21 heavy (non-hydrogen) atoms. The highest BCUT2D eigenvalue weighted by atomic mass is 32.2. The van der Waals surface area contributed by atoms with E-state index in [2.05, 4.69) is 15.4 Å². The Labute approximate surface area is 134 Å². The van der Waals surface area contributed by atoms with Crippen LogP contribution in [0.1, 0.15) is 32.1 Å². The zero-order valence-corrected chi connectivity index (χ0v) is 14.1. The van der Waals surface area contributed by atoms with E-state index in [4.69, 9.17) is 0 Å². The summed E-state index contributed by atoms with van der Waals surface area (Å²) < 4.78 is 4.83. The van der Waals surface area contributed by atoms with Crippen molar-refractivity contribution in [2.24, 2.45) is 0 Å². The van der Waals surface area contributed by atoms with E-state index in [-0.39, 0.29) is 22.0 Å². The van der Waals surface area contributed by atoms with E-state index in [9.17, 15) is 9.59 Å². The number of nitrogens with one attached hydrogen (secondary N) is 2. The summed E-state index contributed by atoms with van der Waals surface area (Å²) >= 11 is 3.98. The van der Waals surface area contributed by atoms with E-state index in [0.29, 0.717) is 13.0 Å². The van der Waals surface area contributed by atoms with Crippen LogP contribution in [0.2, 0.25) is 0 Å². The molecule has 0 aromatic rings. The normalized spacial score (nSPS) is 23.4. The Hall–Kier alpha value is -0.400. The van der Waals surface area contributed by atoms with E-state index in [1.807, 2.05) is 23.5 Å². The van der Waals surface area contributed by atoms with Crippen molar-refractivity contribution in [2.45, 2.75) is 42.2 Å². The SMILES string of the molecule is COC(=O)CCCCCNC(=O)[C@@H]1CC2(CN1)SCCS2. The maximum absolute atomic E-state index is 12.1. The smallest absolute Gasteiger partial charge is 0.305 e. The van der Waals surface area contributed by atoms with Gasteiger partial charge in [-0.3, -0.25) is 9.59 Å². The first kappa shape index (κ1) is 17.0. The minimum Gasteiger partial charge on any atom is -0.469 e. The van der Waals surface area contributed by atoms with Gasteiger partial charge in [0.2, 0.25) is 5.91 Å². The van der Waals surface area contributed by atoms with E-state index >= 15 is 0 Å². The number of carbonyl (C=O) groups excluding carboxylic acids is 2. The third-order valence-corrected chi connectivity index (χ3v) is 7.30. The second-order valence-electron chi connectivity index (χ2n) is 5.42. The lowest BCUT2D eigenvalue weighted by molar-refractivity contribution is -0.140. The summed E-state index contributed by atoms with van der Waals surface area (Å²) in [5.74, 6) is 2.35. The zero-order valence-electron chi connectivity index (χ0n) is 12.5. The van der Waals surface area contributed by atoms with Crippen molar-refractivity contribution in [2.75, 3.05) is 31.7 Å². The third-order valence-electron chi connectivity index (χ3n) is 3.85. The number of ether oxygens (including phenoxy) is 1. The van der Waals surface area contributed by atoms with Crippen LogP contribution in [-0.4, -0.2) is 53.7 Å². The Bertz CT molecular complexity index is 373. The lowest BCUT2D eigenvalue weighted by atomic mass is 10.2. The molecule has 2 aliphatic heterocycles. The predicted molar refractivity (Wildman–Crippen MR) is 87.5 cm³/mol. The van der Waals surface area contributed by atoms with Gasteiger partial charge in [-0.1, -0.05) is 6.42 Å². The van der Waals surface area contributed by atoms with E-state index in [1.165, 1.54) is 18.6 Å². The first-order valence-electron chi connectivity index (χ1n) is 7.51. The maximum atomic E-state index is 12.1. The van der Waals surface area contributed by atoms with Crippen LogP contribution in [0.5, 0.6) is 0 Å². The monoisotopic (exact) mass is 332 g/mol. The Morgan fingerprint density at radius 3 is 2.76 bits per heavy atom. The van der Waals surface area contributed by atoms with Gasteiger partial charge < -0.3 is 15.4 Å². The maximum Gasteiger partial charge on any atom is 0.305 e. The van der Waals surface area contributed by atoms with Crippen LogP contribution in [-0.2, 0) is 14.3 Å². The number of thioether (sulfide) groups is 2. The molecule has 2 fully saturated rings. The first-order valence-corrected chi connectivity index (χ1v) is 9.48. The summed E-state index contributed by atoms with van der Waals surface area (Å²) in [6, 6.07) is -0.0434. The second kappa shape index (κ2) is 8.29. The number of unbranched alkanes of at least 4 members (excludes halogenated alkanes) is 2. The molecular formula is C14H24N2O3S2. The van der Waals surface area contributed by atoms with Crippen LogP contribution in [0.15, 0.2) is 0 Å². The minimum absolute atomic E-state index is 0.0434. The lowest BCUT2D eigenvalue weighted by Gasteiger charge is -2.19. The molecule has 0 aliphatic carbocycles. The number of hydrogen-bond acceptors (Lipinski definition) is 6. The second-order valence-corrected chi connectivity index (χ2v) is 8.64. The molecule has 2 rings (SSSR count). The van der Waals surface area contributed by atoms with Gasteiger partial charge in [0, 0.05) is 31.0 Å². The molecule has 2 heterocycles. The number of carbonyl (C=O) groups is 2. The molecule has 7 heteroatoms. The van der Waals surface area contributed by atoms with Gasteiger partial charge in [-0.2, -0.15) is 0 Å². The van der Waals surface area contributed by atoms with Gasteiger partial charge in [-0.15, -0.1) is 23.5 Å². The molecule has 0 unspecified atom stereocenters. The highest BCUT2D eigenvalue weighted by Crippen LogP contribution is 2.49. The lowest BCUT2D eigenvalue weighted by Crippen LogP contribution is -2.40. The molecule has 5 nitrogen and oxygen atoms in total. The molecule has 2 N–H and O–H groups in total. The topological polar surface area (TPSA) is 67.4 Å². The van der Waals surface area contributed by atoms with E-state index in [1.54, 1.807) is 0 Å². The quantitative estimate of drug-likeness (QED) is 0.542. The van der Waals surface area contributed by atoms with E-state index < -0.39 is 0 Å². The highest BCUT2D eigenvalue weighted by molar-refractivity contribution is 8.21. The standard InChI is InChI=1S/C14H24N2O3S2/c1-19-12(17)5-3-2-4-6-15-13(18)11-9-14(10-16-11)20-7-8-21-14/h11,16H,2-10H2,1H3,(H,15,18)/t11-/m0/s1. The molecule has 0 aromatic heterocycles. The summed E-state index contributed by atoms with van der Waals surface area (Å²) in [6.07, 6.45) is 4.05. The van der Waals surface area contributed by atoms with Gasteiger partial charge in [0.05, 0.1) is 17.2 Å². The number of rotatable bonds is 7. The molecule has 1 atom stereocenters. The zero-order chi connectivity index (χ0) is 15.1. The summed E-state index contributed by atoms with van der Waals surface area (Å²) in [6.45, 7) is 1.62. The average Bonchev–Trinajstić information content (AvgIpc) is 3.13. The van der Waals surface area contributed by atoms with Crippen LogP contribution in [0.3, 0.4) is 0 Å². The number of hydrogen-bond donors (Lipinski definition) is 2. The van der Waals surface area contributed by atoms with Crippen LogP contribution in [0.4, 0.5) is 0 Å². The first-order chi connectivity index (χ1) is 10.2. The highest BCUT2D eigenvalue weighted by Gasteiger charge is 2.44. The van der Waals surface area contributed by atoms with Crippen molar-refractivity contribution in [3.63, 3.8) is 0 Å². The fourth-order valence-electron chi connectivity index (χ4n) is 2.64. The third kappa shape index (κ3) is 5.07. The Morgan fingerprint density at radius 1 is 1.29 bits per heavy atom. The molecule has 1 amide bonds. The summed E-state index contributed by atoms with van der Waals surface area (Å²) in [5.41, 5.74) is 0. The Morgan fingerprint density at radius 2 is 2.05 bits per heavy atom. The molecule has 2 aliphatic rings. The summed E-state index contributed by atoms with van der Waals surface area (Å²) in [4.78, 5) is 23.1. The number of methoxy groups -OCH3 is 1. The molecule has 120 valence electrons. The molecule has 0 radical (unpaired) electrons. The van der Waals surface area contributed by atoms with Crippen molar-refractivity contribution in [1.82, 2.24) is 10.6 Å².